The Morgan fingerprint density at radius 3 is 2.35 bits per heavy atom. The summed E-state index contributed by atoms with van der Waals surface area (Å²) < 4.78 is 1.09. The number of halogens is 1. The fraction of sp³-hybridized carbons (Fsp3) is 0.571. The van der Waals surface area contributed by atoms with Gasteiger partial charge in [-0.2, -0.15) is 0 Å². The topological polar surface area (TPSA) is 32.3 Å². The van der Waals surface area contributed by atoms with Crippen molar-refractivity contribution in [2.45, 2.75) is 32.7 Å². The van der Waals surface area contributed by atoms with Gasteiger partial charge in [-0.25, -0.2) is 0 Å². The second-order valence-electron chi connectivity index (χ2n) is 5.30. The maximum atomic E-state index is 9.54. The minimum absolute atomic E-state index is 0.149. The standard InChI is InChI=1S/C14H22BrNO/c1-11(2)9-16-14(3,10-17)8-12-4-6-13(15)7-5-12/h4-7,11,16-17H,8-10H2,1-3H3. The lowest BCUT2D eigenvalue weighted by molar-refractivity contribution is 0.170. The van der Waals surface area contributed by atoms with Crippen molar-refractivity contribution >= 4 is 15.9 Å². The monoisotopic (exact) mass is 299 g/mol. The van der Waals surface area contributed by atoms with Gasteiger partial charge in [-0.1, -0.05) is 41.9 Å². The highest BCUT2D eigenvalue weighted by atomic mass is 79.9. The van der Waals surface area contributed by atoms with Gasteiger partial charge < -0.3 is 10.4 Å². The largest absolute Gasteiger partial charge is 0.394 e. The molecule has 1 aromatic rings. The van der Waals surface area contributed by atoms with Crippen LogP contribution in [0, 0.1) is 5.92 Å². The van der Waals surface area contributed by atoms with Crippen LogP contribution in [0.5, 0.6) is 0 Å². The first-order valence-corrected chi connectivity index (χ1v) is 6.85. The highest BCUT2D eigenvalue weighted by Gasteiger charge is 2.23. The van der Waals surface area contributed by atoms with Gasteiger partial charge in [-0.3, -0.25) is 0 Å². The highest BCUT2D eigenvalue weighted by molar-refractivity contribution is 9.10. The van der Waals surface area contributed by atoms with Gasteiger partial charge in [-0.15, -0.1) is 0 Å². The molecule has 0 fully saturated rings. The quantitative estimate of drug-likeness (QED) is 0.846. The predicted molar refractivity (Wildman–Crippen MR) is 76.2 cm³/mol. The molecule has 0 saturated carbocycles. The van der Waals surface area contributed by atoms with E-state index in [0.717, 1.165) is 17.4 Å². The molecular formula is C14H22BrNO. The van der Waals surface area contributed by atoms with E-state index in [0.29, 0.717) is 5.92 Å². The zero-order valence-corrected chi connectivity index (χ0v) is 12.4. The van der Waals surface area contributed by atoms with Crippen molar-refractivity contribution in [2.75, 3.05) is 13.2 Å². The molecule has 3 heteroatoms. The summed E-state index contributed by atoms with van der Waals surface area (Å²) in [6.07, 6.45) is 0.837. The molecule has 0 radical (unpaired) electrons. The van der Waals surface area contributed by atoms with Crippen molar-refractivity contribution in [2.24, 2.45) is 5.92 Å². The fourth-order valence-corrected chi connectivity index (χ4v) is 1.94. The van der Waals surface area contributed by atoms with Crippen LogP contribution in [0.2, 0.25) is 0 Å². The Morgan fingerprint density at radius 1 is 1.29 bits per heavy atom. The van der Waals surface area contributed by atoms with E-state index in [9.17, 15) is 5.11 Å². The first-order chi connectivity index (χ1) is 7.95. The summed E-state index contributed by atoms with van der Waals surface area (Å²) >= 11 is 3.43. The van der Waals surface area contributed by atoms with E-state index in [1.54, 1.807) is 0 Å². The van der Waals surface area contributed by atoms with Crippen LogP contribution in [0.1, 0.15) is 26.3 Å². The molecule has 0 aromatic heterocycles. The fourth-order valence-electron chi connectivity index (χ4n) is 1.68. The molecule has 0 saturated heterocycles. The Hall–Kier alpha value is -0.380. The average Bonchev–Trinajstić information content (AvgIpc) is 2.30. The number of aliphatic hydroxyl groups is 1. The van der Waals surface area contributed by atoms with Crippen LogP contribution in [0.4, 0.5) is 0 Å². The third kappa shape index (κ3) is 5.19. The molecule has 1 aromatic carbocycles. The van der Waals surface area contributed by atoms with E-state index in [-0.39, 0.29) is 12.1 Å². The van der Waals surface area contributed by atoms with Crippen LogP contribution in [0.3, 0.4) is 0 Å². The van der Waals surface area contributed by atoms with Crippen LogP contribution < -0.4 is 5.32 Å². The molecular weight excluding hydrogens is 278 g/mol. The maximum Gasteiger partial charge on any atom is 0.0613 e. The summed E-state index contributed by atoms with van der Waals surface area (Å²) in [6, 6.07) is 8.26. The predicted octanol–water partition coefficient (Wildman–Crippen LogP) is 2.99. The number of nitrogens with one attached hydrogen (secondary N) is 1. The zero-order valence-electron chi connectivity index (χ0n) is 10.8. The number of hydrogen-bond donors (Lipinski definition) is 2. The van der Waals surface area contributed by atoms with Crippen molar-refractivity contribution in [1.29, 1.82) is 0 Å². The van der Waals surface area contributed by atoms with Gasteiger partial charge in [0, 0.05) is 10.0 Å². The van der Waals surface area contributed by atoms with Crippen LogP contribution >= 0.6 is 15.9 Å². The average molecular weight is 300 g/mol. The minimum atomic E-state index is -0.238. The first-order valence-electron chi connectivity index (χ1n) is 6.05. The zero-order chi connectivity index (χ0) is 12.9. The molecule has 2 nitrogen and oxygen atoms in total. The van der Waals surface area contributed by atoms with Crippen molar-refractivity contribution in [3.8, 4) is 0 Å². The number of rotatable bonds is 6. The van der Waals surface area contributed by atoms with Gasteiger partial charge in [0.05, 0.1) is 6.61 Å². The highest BCUT2D eigenvalue weighted by Crippen LogP contribution is 2.16. The van der Waals surface area contributed by atoms with Gasteiger partial charge in [0.25, 0.3) is 0 Å². The van der Waals surface area contributed by atoms with Crippen LogP contribution in [0.15, 0.2) is 28.7 Å². The molecule has 0 aliphatic carbocycles. The van der Waals surface area contributed by atoms with Crippen LogP contribution in [-0.2, 0) is 6.42 Å². The molecule has 2 N–H and O–H groups in total. The van der Waals surface area contributed by atoms with Crippen LogP contribution in [0.25, 0.3) is 0 Å². The molecule has 0 heterocycles. The molecule has 0 bridgehead atoms. The van der Waals surface area contributed by atoms with E-state index < -0.39 is 0 Å². The van der Waals surface area contributed by atoms with Gasteiger partial charge in [-0.05, 0) is 43.5 Å². The molecule has 17 heavy (non-hydrogen) atoms. The second kappa shape index (κ2) is 6.53. The molecule has 0 spiro atoms. The summed E-state index contributed by atoms with van der Waals surface area (Å²) in [5.41, 5.74) is 0.999. The normalized spacial score (nSPS) is 14.9. The van der Waals surface area contributed by atoms with E-state index in [1.165, 1.54) is 5.56 Å². The summed E-state index contributed by atoms with van der Waals surface area (Å²) in [5.74, 6) is 0.589. The second-order valence-corrected chi connectivity index (χ2v) is 6.21. The SMILES string of the molecule is CC(C)CNC(C)(CO)Cc1ccc(Br)cc1. The van der Waals surface area contributed by atoms with Gasteiger partial charge >= 0.3 is 0 Å². The first kappa shape index (κ1) is 14.7. The maximum absolute atomic E-state index is 9.54. The summed E-state index contributed by atoms with van der Waals surface area (Å²) in [4.78, 5) is 0. The Balaban J connectivity index is 2.64. The van der Waals surface area contributed by atoms with Crippen molar-refractivity contribution in [3.05, 3.63) is 34.3 Å². The number of benzene rings is 1. The Morgan fingerprint density at radius 2 is 1.88 bits per heavy atom. The Labute approximate surface area is 113 Å². The molecule has 1 atom stereocenters. The van der Waals surface area contributed by atoms with E-state index >= 15 is 0 Å². The minimum Gasteiger partial charge on any atom is -0.394 e. The molecule has 0 amide bonds. The number of aliphatic hydroxyl groups excluding tert-OH is 1. The molecule has 0 aliphatic heterocycles. The van der Waals surface area contributed by atoms with Crippen LogP contribution in [-0.4, -0.2) is 23.8 Å². The molecule has 96 valence electrons. The molecule has 0 aliphatic rings. The van der Waals surface area contributed by atoms with Crippen molar-refractivity contribution in [1.82, 2.24) is 5.32 Å². The summed E-state index contributed by atoms with van der Waals surface area (Å²) in [7, 11) is 0. The lowest BCUT2D eigenvalue weighted by Crippen LogP contribution is -2.49. The number of hydrogen-bond acceptors (Lipinski definition) is 2. The van der Waals surface area contributed by atoms with Gasteiger partial charge in [0.2, 0.25) is 0 Å². The van der Waals surface area contributed by atoms with Gasteiger partial charge in [0.1, 0.15) is 0 Å². The van der Waals surface area contributed by atoms with E-state index in [2.05, 4.69) is 54.2 Å². The van der Waals surface area contributed by atoms with Gasteiger partial charge in [0.15, 0.2) is 0 Å². The Kier molecular flexibility index (Phi) is 5.63. The van der Waals surface area contributed by atoms with Crippen molar-refractivity contribution in [3.63, 3.8) is 0 Å². The molecule has 1 unspecified atom stereocenters. The van der Waals surface area contributed by atoms with Crippen molar-refractivity contribution < 1.29 is 5.11 Å². The third-order valence-corrected chi connectivity index (χ3v) is 3.32. The smallest absolute Gasteiger partial charge is 0.0613 e. The summed E-state index contributed by atoms with van der Waals surface area (Å²) in [6.45, 7) is 7.48. The third-order valence-electron chi connectivity index (χ3n) is 2.79. The van der Waals surface area contributed by atoms with E-state index in [1.807, 2.05) is 12.1 Å². The molecule has 1 rings (SSSR count). The lowest BCUT2D eigenvalue weighted by Gasteiger charge is -2.30. The Bertz CT molecular complexity index is 337. The lowest BCUT2D eigenvalue weighted by atomic mass is 9.93. The van der Waals surface area contributed by atoms with E-state index in [4.69, 9.17) is 0 Å². The summed E-state index contributed by atoms with van der Waals surface area (Å²) in [5, 5.41) is 13.0.